The summed E-state index contributed by atoms with van der Waals surface area (Å²) in [4.78, 5) is 11.2. The molecule has 3 aromatic rings. The predicted octanol–water partition coefficient (Wildman–Crippen LogP) is 1.39. The van der Waals surface area contributed by atoms with E-state index in [1.165, 1.54) is 36.1 Å². The number of ether oxygens (including phenoxy) is 1. The number of aliphatic hydroxyl groups excluding tert-OH is 1. The van der Waals surface area contributed by atoms with Gasteiger partial charge in [0.2, 0.25) is 10.0 Å². The first kappa shape index (κ1) is 19.5. The van der Waals surface area contributed by atoms with E-state index in [0.29, 0.717) is 22.7 Å². The van der Waals surface area contributed by atoms with Crippen molar-refractivity contribution in [3.63, 3.8) is 0 Å². The van der Waals surface area contributed by atoms with Crippen molar-refractivity contribution in [1.82, 2.24) is 9.78 Å². The van der Waals surface area contributed by atoms with Crippen LogP contribution in [0.15, 0.2) is 53.4 Å². The van der Waals surface area contributed by atoms with Crippen molar-refractivity contribution in [2.75, 3.05) is 7.11 Å². The summed E-state index contributed by atoms with van der Waals surface area (Å²) < 4.78 is 29.8. The molecule has 0 bridgehead atoms. The zero-order chi connectivity index (χ0) is 20.5. The zero-order valence-electron chi connectivity index (χ0n) is 14.7. The standard InChI is InChI=1S/C18H17N3O6S/c1-27-14-5-2-11(3-6-14)16-9-15(18(23)24)20-21(16)13-4-7-17(28(19,25)26)12(8-13)10-22/h2-9,22H,10H2,1H3,(H,23,24)(H2,19,25,26). The maximum absolute atomic E-state index is 11.7. The number of methoxy groups -OCH3 is 1. The van der Waals surface area contributed by atoms with Gasteiger partial charge in [0.25, 0.3) is 0 Å². The number of sulfonamides is 1. The Kier molecular flexibility index (Phi) is 5.18. The van der Waals surface area contributed by atoms with E-state index in [4.69, 9.17) is 9.88 Å². The van der Waals surface area contributed by atoms with E-state index in [1.807, 2.05) is 0 Å². The summed E-state index contributed by atoms with van der Waals surface area (Å²) in [6, 6.07) is 12.4. The topological polar surface area (TPSA) is 145 Å². The van der Waals surface area contributed by atoms with Gasteiger partial charge in [0.05, 0.1) is 30.0 Å². The molecular weight excluding hydrogens is 386 g/mol. The quantitative estimate of drug-likeness (QED) is 0.564. The third-order valence-electron chi connectivity index (χ3n) is 4.08. The molecule has 0 aliphatic carbocycles. The highest BCUT2D eigenvalue weighted by Gasteiger charge is 2.19. The maximum atomic E-state index is 11.7. The number of rotatable bonds is 6. The van der Waals surface area contributed by atoms with Gasteiger partial charge < -0.3 is 14.9 Å². The third-order valence-corrected chi connectivity index (χ3v) is 5.09. The van der Waals surface area contributed by atoms with Crippen LogP contribution in [0.1, 0.15) is 16.1 Å². The van der Waals surface area contributed by atoms with Crippen LogP contribution in [0.2, 0.25) is 0 Å². The minimum atomic E-state index is -4.02. The zero-order valence-corrected chi connectivity index (χ0v) is 15.5. The number of aromatic carboxylic acids is 1. The van der Waals surface area contributed by atoms with Gasteiger partial charge in [0.1, 0.15) is 5.75 Å². The van der Waals surface area contributed by atoms with Gasteiger partial charge in [-0.25, -0.2) is 23.0 Å². The number of benzene rings is 2. The van der Waals surface area contributed by atoms with Crippen LogP contribution < -0.4 is 9.88 Å². The summed E-state index contributed by atoms with van der Waals surface area (Å²) in [7, 11) is -2.49. The highest BCUT2D eigenvalue weighted by Crippen LogP contribution is 2.27. The monoisotopic (exact) mass is 403 g/mol. The molecular formula is C18H17N3O6S. The number of carboxylic acid groups (broad SMARTS) is 1. The smallest absolute Gasteiger partial charge is 0.356 e. The lowest BCUT2D eigenvalue weighted by atomic mass is 10.1. The molecule has 1 heterocycles. The van der Waals surface area contributed by atoms with E-state index in [9.17, 15) is 23.4 Å². The first-order chi connectivity index (χ1) is 13.2. The predicted molar refractivity (Wildman–Crippen MR) is 99.8 cm³/mol. The Morgan fingerprint density at radius 1 is 1.18 bits per heavy atom. The first-order valence-electron chi connectivity index (χ1n) is 7.99. The van der Waals surface area contributed by atoms with Gasteiger partial charge in [-0.05, 0) is 54.1 Å². The van der Waals surface area contributed by atoms with Gasteiger partial charge in [0, 0.05) is 5.56 Å². The van der Waals surface area contributed by atoms with Gasteiger partial charge in [-0.2, -0.15) is 5.10 Å². The largest absolute Gasteiger partial charge is 0.497 e. The van der Waals surface area contributed by atoms with Crippen molar-refractivity contribution >= 4 is 16.0 Å². The Morgan fingerprint density at radius 2 is 1.86 bits per heavy atom. The average molecular weight is 403 g/mol. The molecule has 146 valence electrons. The molecule has 0 amide bonds. The summed E-state index contributed by atoms with van der Waals surface area (Å²) in [5.41, 5.74) is 1.39. The molecule has 28 heavy (non-hydrogen) atoms. The highest BCUT2D eigenvalue weighted by molar-refractivity contribution is 7.89. The Bertz CT molecular complexity index is 1140. The van der Waals surface area contributed by atoms with Crippen LogP contribution in [0.25, 0.3) is 16.9 Å². The van der Waals surface area contributed by atoms with E-state index in [2.05, 4.69) is 5.10 Å². The van der Waals surface area contributed by atoms with Crippen LogP contribution >= 0.6 is 0 Å². The molecule has 0 saturated carbocycles. The summed E-state index contributed by atoms with van der Waals surface area (Å²) in [6.45, 7) is -0.565. The molecule has 0 aliphatic rings. The SMILES string of the molecule is COc1ccc(-c2cc(C(=O)O)nn2-c2ccc(S(N)(=O)=O)c(CO)c2)cc1. The number of aliphatic hydroxyl groups is 1. The van der Waals surface area contributed by atoms with E-state index < -0.39 is 22.6 Å². The number of nitrogens with two attached hydrogens (primary N) is 1. The van der Waals surface area contributed by atoms with Crippen molar-refractivity contribution < 1.29 is 28.2 Å². The van der Waals surface area contributed by atoms with Crippen LogP contribution in [-0.2, 0) is 16.6 Å². The number of aromatic nitrogens is 2. The lowest BCUT2D eigenvalue weighted by Gasteiger charge is -2.11. The summed E-state index contributed by atoms with van der Waals surface area (Å²) in [5, 5.41) is 28.1. The van der Waals surface area contributed by atoms with Crippen molar-refractivity contribution in [3.05, 3.63) is 59.8 Å². The number of hydrogen-bond acceptors (Lipinski definition) is 6. The number of hydrogen-bond donors (Lipinski definition) is 3. The number of primary sulfonamides is 1. The summed E-state index contributed by atoms with van der Waals surface area (Å²) >= 11 is 0. The molecule has 0 aliphatic heterocycles. The van der Waals surface area contributed by atoms with Gasteiger partial charge >= 0.3 is 5.97 Å². The molecule has 0 spiro atoms. The molecule has 0 atom stereocenters. The van der Waals surface area contributed by atoms with Crippen LogP contribution in [0.4, 0.5) is 0 Å². The fourth-order valence-electron chi connectivity index (χ4n) is 2.75. The second kappa shape index (κ2) is 7.43. The Hall–Kier alpha value is -3.21. The maximum Gasteiger partial charge on any atom is 0.356 e. The van der Waals surface area contributed by atoms with E-state index in [0.717, 1.165) is 0 Å². The van der Waals surface area contributed by atoms with Crippen LogP contribution in [-0.4, -0.2) is 41.5 Å². The van der Waals surface area contributed by atoms with Crippen molar-refractivity contribution in [2.45, 2.75) is 11.5 Å². The molecule has 10 heteroatoms. The average Bonchev–Trinajstić information content (AvgIpc) is 3.12. The second-order valence-electron chi connectivity index (χ2n) is 5.86. The van der Waals surface area contributed by atoms with Gasteiger partial charge in [-0.15, -0.1) is 0 Å². The van der Waals surface area contributed by atoms with Gasteiger partial charge in [-0.1, -0.05) is 0 Å². The minimum absolute atomic E-state index is 0.0769. The summed E-state index contributed by atoms with van der Waals surface area (Å²) in [5.74, 6) is -0.578. The minimum Gasteiger partial charge on any atom is -0.497 e. The van der Waals surface area contributed by atoms with Crippen LogP contribution in [0.3, 0.4) is 0 Å². The molecule has 4 N–H and O–H groups in total. The molecule has 0 saturated heterocycles. The molecule has 1 aromatic heterocycles. The Labute approximate surface area is 160 Å². The Balaban J connectivity index is 2.19. The van der Waals surface area contributed by atoms with Crippen LogP contribution in [0.5, 0.6) is 5.75 Å². The highest BCUT2D eigenvalue weighted by atomic mass is 32.2. The molecule has 2 aromatic carbocycles. The lowest BCUT2D eigenvalue weighted by molar-refractivity contribution is 0.0690. The lowest BCUT2D eigenvalue weighted by Crippen LogP contribution is -2.15. The normalized spacial score (nSPS) is 11.4. The van der Waals surface area contributed by atoms with Crippen molar-refractivity contribution in [1.29, 1.82) is 0 Å². The fourth-order valence-corrected chi connectivity index (χ4v) is 3.50. The molecule has 0 unspecified atom stereocenters. The number of carboxylic acids is 1. The molecule has 3 rings (SSSR count). The Morgan fingerprint density at radius 3 is 2.39 bits per heavy atom. The second-order valence-corrected chi connectivity index (χ2v) is 7.39. The molecule has 0 radical (unpaired) electrons. The number of carbonyl (C=O) groups is 1. The van der Waals surface area contributed by atoms with Crippen molar-refractivity contribution in [2.24, 2.45) is 5.14 Å². The number of nitrogens with zero attached hydrogens (tertiary/aromatic N) is 2. The first-order valence-corrected chi connectivity index (χ1v) is 9.54. The van der Waals surface area contributed by atoms with Crippen LogP contribution in [0, 0.1) is 0 Å². The van der Waals surface area contributed by atoms with Gasteiger partial charge in [-0.3, -0.25) is 0 Å². The molecule has 0 fully saturated rings. The summed E-state index contributed by atoms with van der Waals surface area (Å²) in [6.07, 6.45) is 0. The molecule has 9 nitrogen and oxygen atoms in total. The van der Waals surface area contributed by atoms with E-state index >= 15 is 0 Å². The van der Waals surface area contributed by atoms with E-state index in [1.54, 1.807) is 24.3 Å². The van der Waals surface area contributed by atoms with Crippen molar-refractivity contribution in [3.8, 4) is 22.7 Å². The van der Waals surface area contributed by atoms with Gasteiger partial charge in [0.15, 0.2) is 5.69 Å². The van der Waals surface area contributed by atoms with E-state index in [-0.39, 0.29) is 16.2 Å². The fraction of sp³-hybridized carbons (Fsp3) is 0.111. The third kappa shape index (κ3) is 3.74.